The standard InChI is InChI=1S/C18H22O6/c1-9(2)15-13(20)7-10(8-14(15)21)24-18(3,4)11-5-6-12(19)17(23)16(11)22/h5-9,19-23H,1-4H3. The summed E-state index contributed by atoms with van der Waals surface area (Å²) in [7, 11) is 0. The molecule has 6 heteroatoms. The summed E-state index contributed by atoms with van der Waals surface area (Å²) in [5.41, 5.74) is -0.442. The predicted octanol–water partition coefficient (Wildman–Crippen LogP) is 3.65. The maximum Gasteiger partial charge on any atom is 0.200 e. The van der Waals surface area contributed by atoms with E-state index in [1.165, 1.54) is 24.3 Å². The Morgan fingerprint density at radius 1 is 0.833 bits per heavy atom. The van der Waals surface area contributed by atoms with Crippen LogP contribution in [0.25, 0.3) is 0 Å². The van der Waals surface area contributed by atoms with Crippen LogP contribution in [0.2, 0.25) is 0 Å². The van der Waals surface area contributed by atoms with Gasteiger partial charge in [-0.2, -0.15) is 0 Å². The largest absolute Gasteiger partial charge is 0.507 e. The molecule has 0 unspecified atom stereocenters. The zero-order chi connectivity index (χ0) is 18.2. The highest BCUT2D eigenvalue weighted by Crippen LogP contribution is 2.44. The minimum absolute atomic E-state index is 0.0647. The van der Waals surface area contributed by atoms with Gasteiger partial charge in [0.2, 0.25) is 5.75 Å². The van der Waals surface area contributed by atoms with Gasteiger partial charge in [-0.15, -0.1) is 0 Å². The van der Waals surface area contributed by atoms with Crippen molar-refractivity contribution in [3.05, 3.63) is 35.4 Å². The fourth-order valence-electron chi connectivity index (χ4n) is 2.65. The predicted molar refractivity (Wildman–Crippen MR) is 89.0 cm³/mol. The molecule has 0 saturated carbocycles. The van der Waals surface area contributed by atoms with Crippen molar-refractivity contribution in [2.75, 3.05) is 0 Å². The molecular weight excluding hydrogens is 312 g/mol. The zero-order valence-electron chi connectivity index (χ0n) is 14.0. The topological polar surface area (TPSA) is 110 Å². The summed E-state index contributed by atoms with van der Waals surface area (Å²) in [6.45, 7) is 6.97. The van der Waals surface area contributed by atoms with E-state index in [4.69, 9.17) is 4.74 Å². The fourth-order valence-corrected chi connectivity index (χ4v) is 2.65. The highest BCUT2D eigenvalue weighted by atomic mass is 16.5. The van der Waals surface area contributed by atoms with Crippen molar-refractivity contribution in [3.63, 3.8) is 0 Å². The summed E-state index contributed by atoms with van der Waals surface area (Å²) in [5, 5.41) is 49.3. The first-order valence-electron chi connectivity index (χ1n) is 7.54. The van der Waals surface area contributed by atoms with Crippen LogP contribution in [0, 0.1) is 0 Å². The summed E-state index contributed by atoms with van der Waals surface area (Å²) >= 11 is 0. The van der Waals surface area contributed by atoms with Crippen molar-refractivity contribution in [2.24, 2.45) is 0 Å². The molecule has 0 aliphatic carbocycles. The molecule has 0 fully saturated rings. The van der Waals surface area contributed by atoms with Crippen molar-refractivity contribution in [3.8, 4) is 34.5 Å². The van der Waals surface area contributed by atoms with Gasteiger partial charge in [0, 0.05) is 23.3 Å². The molecule has 2 rings (SSSR count). The molecule has 0 aliphatic rings. The van der Waals surface area contributed by atoms with Gasteiger partial charge in [-0.1, -0.05) is 13.8 Å². The highest BCUT2D eigenvalue weighted by Gasteiger charge is 2.29. The highest BCUT2D eigenvalue weighted by molar-refractivity contribution is 5.55. The summed E-state index contributed by atoms with van der Waals surface area (Å²) < 4.78 is 5.79. The van der Waals surface area contributed by atoms with Crippen LogP contribution < -0.4 is 4.74 Å². The molecule has 0 atom stereocenters. The van der Waals surface area contributed by atoms with Crippen molar-refractivity contribution >= 4 is 0 Å². The maximum absolute atomic E-state index is 10.1. The molecule has 0 aromatic heterocycles. The Kier molecular flexibility index (Phi) is 4.42. The minimum atomic E-state index is -1.10. The van der Waals surface area contributed by atoms with Crippen molar-refractivity contribution in [1.82, 2.24) is 0 Å². The number of ether oxygens (including phenoxy) is 1. The number of hydrogen-bond acceptors (Lipinski definition) is 6. The number of benzene rings is 2. The van der Waals surface area contributed by atoms with E-state index in [0.717, 1.165) is 0 Å². The zero-order valence-corrected chi connectivity index (χ0v) is 14.0. The van der Waals surface area contributed by atoms with E-state index >= 15 is 0 Å². The Morgan fingerprint density at radius 2 is 1.38 bits per heavy atom. The molecule has 0 heterocycles. The van der Waals surface area contributed by atoms with Gasteiger partial charge in [-0.05, 0) is 31.9 Å². The lowest BCUT2D eigenvalue weighted by Crippen LogP contribution is -2.25. The van der Waals surface area contributed by atoms with Crippen LogP contribution in [0.5, 0.6) is 34.5 Å². The summed E-state index contributed by atoms with van der Waals surface area (Å²) in [5.74, 6) is -1.61. The summed E-state index contributed by atoms with van der Waals surface area (Å²) in [6, 6.07) is 5.43. The van der Waals surface area contributed by atoms with Gasteiger partial charge in [-0.25, -0.2) is 0 Å². The van der Waals surface area contributed by atoms with Crippen LogP contribution in [0.4, 0.5) is 0 Å². The SMILES string of the molecule is CC(C)c1c(O)cc(OC(C)(C)c2ccc(O)c(O)c2O)cc1O. The van der Waals surface area contributed by atoms with E-state index < -0.39 is 22.8 Å². The van der Waals surface area contributed by atoms with Gasteiger partial charge in [0.1, 0.15) is 22.8 Å². The van der Waals surface area contributed by atoms with Crippen molar-refractivity contribution in [2.45, 2.75) is 39.2 Å². The Hall–Kier alpha value is -2.76. The number of hydrogen-bond donors (Lipinski definition) is 5. The van der Waals surface area contributed by atoms with E-state index in [1.54, 1.807) is 13.8 Å². The monoisotopic (exact) mass is 334 g/mol. The van der Waals surface area contributed by atoms with E-state index in [-0.39, 0.29) is 28.7 Å². The molecule has 130 valence electrons. The molecule has 5 N–H and O–H groups in total. The summed E-state index contributed by atoms with van der Waals surface area (Å²) in [4.78, 5) is 0. The molecule has 24 heavy (non-hydrogen) atoms. The molecule has 2 aromatic rings. The number of aromatic hydroxyl groups is 5. The lowest BCUT2D eigenvalue weighted by Gasteiger charge is -2.28. The maximum atomic E-state index is 10.1. The van der Waals surface area contributed by atoms with Crippen molar-refractivity contribution in [1.29, 1.82) is 0 Å². The van der Waals surface area contributed by atoms with Gasteiger partial charge >= 0.3 is 0 Å². The molecule has 0 radical (unpaired) electrons. The Labute approximate surface area is 140 Å². The van der Waals surface area contributed by atoms with Gasteiger partial charge < -0.3 is 30.3 Å². The molecule has 0 saturated heterocycles. The van der Waals surface area contributed by atoms with E-state index in [1.807, 2.05) is 13.8 Å². The molecule has 2 aromatic carbocycles. The molecule has 0 spiro atoms. The van der Waals surface area contributed by atoms with Gasteiger partial charge in [-0.3, -0.25) is 0 Å². The smallest absolute Gasteiger partial charge is 0.200 e. The first-order valence-corrected chi connectivity index (χ1v) is 7.54. The van der Waals surface area contributed by atoms with Crippen LogP contribution in [0.15, 0.2) is 24.3 Å². The Bertz CT molecular complexity index is 741. The van der Waals surface area contributed by atoms with Crippen molar-refractivity contribution < 1.29 is 30.3 Å². The first-order chi connectivity index (χ1) is 11.0. The second-order valence-electron chi connectivity index (χ2n) is 6.47. The second kappa shape index (κ2) is 6.03. The number of rotatable bonds is 4. The van der Waals surface area contributed by atoms with Crippen LogP contribution in [-0.4, -0.2) is 25.5 Å². The lowest BCUT2D eigenvalue weighted by atomic mass is 9.95. The fraction of sp³-hybridized carbons (Fsp3) is 0.333. The van der Waals surface area contributed by atoms with Crippen LogP contribution in [-0.2, 0) is 5.60 Å². The van der Waals surface area contributed by atoms with Gasteiger partial charge in [0.15, 0.2) is 11.5 Å². The number of phenolic OH excluding ortho intramolecular Hbond substituents is 5. The van der Waals surface area contributed by atoms with Crippen LogP contribution in [0.1, 0.15) is 44.7 Å². The van der Waals surface area contributed by atoms with E-state index in [2.05, 4.69) is 0 Å². The second-order valence-corrected chi connectivity index (χ2v) is 6.47. The third kappa shape index (κ3) is 3.13. The molecule has 6 nitrogen and oxygen atoms in total. The normalized spacial score (nSPS) is 11.7. The van der Waals surface area contributed by atoms with Crippen LogP contribution in [0.3, 0.4) is 0 Å². The molecule has 0 aliphatic heterocycles. The van der Waals surface area contributed by atoms with Gasteiger partial charge in [0.25, 0.3) is 0 Å². The quantitative estimate of drug-likeness (QED) is 0.546. The molecule has 0 bridgehead atoms. The van der Waals surface area contributed by atoms with Gasteiger partial charge in [0.05, 0.1) is 0 Å². The van der Waals surface area contributed by atoms with E-state index in [0.29, 0.717) is 5.56 Å². The lowest BCUT2D eigenvalue weighted by molar-refractivity contribution is 0.104. The molecule has 0 amide bonds. The first kappa shape index (κ1) is 17.6. The third-order valence-electron chi connectivity index (χ3n) is 3.84. The minimum Gasteiger partial charge on any atom is -0.507 e. The average Bonchev–Trinajstić information content (AvgIpc) is 2.42. The summed E-state index contributed by atoms with van der Waals surface area (Å²) in [6.07, 6.45) is 0. The Morgan fingerprint density at radius 3 is 1.88 bits per heavy atom. The number of phenols is 5. The Balaban J connectivity index is 2.42. The molecular formula is C18H22O6. The average molecular weight is 334 g/mol. The van der Waals surface area contributed by atoms with Crippen LogP contribution >= 0.6 is 0 Å². The third-order valence-corrected chi connectivity index (χ3v) is 3.84. The van der Waals surface area contributed by atoms with E-state index in [9.17, 15) is 25.5 Å².